The van der Waals surface area contributed by atoms with Crippen molar-refractivity contribution in [1.82, 2.24) is 10.6 Å². The summed E-state index contributed by atoms with van der Waals surface area (Å²) in [7, 11) is 0. The highest BCUT2D eigenvalue weighted by Crippen LogP contribution is 2.05. The molecular weight excluding hydrogens is 472 g/mol. The largest absolute Gasteiger partial charge is 0.480 e. The first-order valence-electron chi connectivity index (χ1n) is 12.7. The molecule has 0 fully saturated rings. The minimum absolute atomic E-state index is 0.0290. The second-order valence-electron chi connectivity index (χ2n) is 9.61. The van der Waals surface area contributed by atoms with Crippen LogP contribution in [0, 0.1) is 5.92 Å². The predicted molar refractivity (Wildman–Crippen MR) is 135 cm³/mol. The number of aliphatic carboxylic acids is 1. The van der Waals surface area contributed by atoms with E-state index in [9.17, 15) is 19.5 Å². The summed E-state index contributed by atoms with van der Waals surface area (Å²) in [5, 5.41) is 15.0. The molecular formula is C25H48N2O9. The lowest BCUT2D eigenvalue weighted by Gasteiger charge is -2.20. The summed E-state index contributed by atoms with van der Waals surface area (Å²) >= 11 is 0. The Morgan fingerprint density at radius 3 is 1.58 bits per heavy atom. The van der Waals surface area contributed by atoms with Crippen LogP contribution in [0.5, 0.6) is 0 Å². The molecule has 3 N–H and O–H groups in total. The normalized spacial score (nSPS) is 12.6. The smallest absolute Gasteiger partial charge is 0.326 e. The van der Waals surface area contributed by atoms with E-state index >= 15 is 0 Å². The fourth-order valence-electron chi connectivity index (χ4n) is 2.74. The number of nitrogens with one attached hydrogen (secondary N) is 2. The van der Waals surface area contributed by atoms with Gasteiger partial charge < -0.3 is 39.4 Å². The summed E-state index contributed by atoms with van der Waals surface area (Å²) in [6.07, 6.45) is 0.222. The van der Waals surface area contributed by atoms with Crippen LogP contribution in [0.25, 0.3) is 0 Å². The molecule has 11 nitrogen and oxygen atoms in total. The van der Waals surface area contributed by atoms with Gasteiger partial charge in [0.2, 0.25) is 5.91 Å². The van der Waals surface area contributed by atoms with E-state index in [1.54, 1.807) is 13.8 Å². The molecule has 11 heteroatoms. The Kier molecular flexibility index (Phi) is 20.5. The number of hydrogen-bond acceptors (Lipinski definition) is 9. The lowest BCUT2D eigenvalue weighted by atomic mass is 10.0. The maximum atomic E-state index is 11.9. The number of ketones is 1. The third-order valence-electron chi connectivity index (χ3n) is 4.82. The van der Waals surface area contributed by atoms with Crippen LogP contribution < -0.4 is 10.6 Å². The molecule has 0 heterocycles. The Hall–Kier alpha value is -1.63. The molecule has 0 aromatic heterocycles. The van der Waals surface area contributed by atoms with Crippen LogP contribution >= 0.6 is 0 Å². The lowest BCUT2D eigenvalue weighted by Crippen LogP contribution is -2.41. The van der Waals surface area contributed by atoms with Crippen LogP contribution in [-0.2, 0) is 38.1 Å². The van der Waals surface area contributed by atoms with Gasteiger partial charge in [-0.15, -0.1) is 0 Å². The molecule has 0 aromatic carbocycles. The van der Waals surface area contributed by atoms with Gasteiger partial charge in [-0.25, -0.2) is 4.79 Å². The average molecular weight is 521 g/mol. The van der Waals surface area contributed by atoms with Gasteiger partial charge in [-0.1, -0.05) is 13.8 Å². The topological polar surface area (TPSA) is 142 Å². The Bertz CT molecular complexity index is 595. The second kappa shape index (κ2) is 21.5. The zero-order valence-electron chi connectivity index (χ0n) is 22.8. The van der Waals surface area contributed by atoms with E-state index in [1.165, 1.54) is 0 Å². The van der Waals surface area contributed by atoms with Gasteiger partial charge in [0.05, 0.1) is 66.1 Å². The van der Waals surface area contributed by atoms with E-state index in [-0.39, 0.29) is 43.1 Å². The van der Waals surface area contributed by atoms with Gasteiger partial charge in [0.15, 0.2) is 0 Å². The number of carboxylic acids is 1. The molecule has 0 saturated carbocycles. The van der Waals surface area contributed by atoms with E-state index in [4.69, 9.17) is 23.7 Å². The molecule has 0 saturated heterocycles. The quantitative estimate of drug-likeness (QED) is 0.160. The van der Waals surface area contributed by atoms with Crippen molar-refractivity contribution in [3.63, 3.8) is 0 Å². The van der Waals surface area contributed by atoms with E-state index < -0.39 is 17.9 Å². The Balaban J connectivity index is 3.49. The zero-order valence-corrected chi connectivity index (χ0v) is 22.8. The van der Waals surface area contributed by atoms with Gasteiger partial charge in [-0.2, -0.15) is 0 Å². The number of amides is 1. The molecule has 0 spiro atoms. The number of ether oxygens (including phenoxy) is 5. The number of Topliss-reactive ketones (excluding diaryl/α,β-unsaturated/α-hetero) is 1. The highest BCUT2D eigenvalue weighted by molar-refractivity contribution is 5.85. The molecule has 1 atom stereocenters. The van der Waals surface area contributed by atoms with Gasteiger partial charge in [0.25, 0.3) is 0 Å². The van der Waals surface area contributed by atoms with Gasteiger partial charge >= 0.3 is 5.97 Å². The number of hydrogen-bond donors (Lipinski definition) is 3. The summed E-state index contributed by atoms with van der Waals surface area (Å²) in [5.41, 5.74) is 0.0958. The van der Waals surface area contributed by atoms with Crippen molar-refractivity contribution in [1.29, 1.82) is 0 Å². The first kappa shape index (κ1) is 34.4. The Morgan fingerprint density at radius 2 is 1.17 bits per heavy atom. The molecule has 0 aliphatic heterocycles. The highest BCUT2D eigenvalue weighted by Gasteiger charge is 2.21. The van der Waals surface area contributed by atoms with Crippen molar-refractivity contribution in [2.75, 3.05) is 72.6 Å². The van der Waals surface area contributed by atoms with Crippen LogP contribution in [0.15, 0.2) is 0 Å². The maximum Gasteiger partial charge on any atom is 0.326 e. The van der Waals surface area contributed by atoms with Crippen molar-refractivity contribution in [3.8, 4) is 0 Å². The van der Waals surface area contributed by atoms with Crippen molar-refractivity contribution >= 4 is 17.7 Å². The van der Waals surface area contributed by atoms with Gasteiger partial charge in [-0.3, -0.25) is 9.59 Å². The van der Waals surface area contributed by atoms with E-state index in [1.807, 2.05) is 0 Å². The third-order valence-corrected chi connectivity index (χ3v) is 4.82. The molecule has 0 aliphatic carbocycles. The van der Waals surface area contributed by atoms with Crippen LogP contribution in [0.4, 0.5) is 0 Å². The predicted octanol–water partition coefficient (Wildman–Crippen LogP) is 1.42. The molecule has 36 heavy (non-hydrogen) atoms. The van der Waals surface area contributed by atoms with Gasteiger partial charge in [-0.05, 0) is 27.2 Å². The zero-order chi connectivity index (χ0) is 27.2. The fourth-order valence-corrected chi connectivity index (χ4v) is 2.74. The van der Waals surface area contributed by atoms with E-state index in [0.717, 1.165) is 6.54 Å². The maximum absolute atomic E-state index is 11.9. The van der Waals surface area contributed by atoms with Crippen molar-refractivity contribution in [2.45, 2.75) is 65.5 Å². The molecule has 0 aliphatic rings. The molecule has 1 unspecified atom stereocenters. The van der Waals surface area contributed by atoms with E-state index in [2.05, 4.69) is 31.4 Å². The van der Waals surface area contributed by atoms with Crippen molar-refractivity contribution in [2.24, 2.45) is 5.92 Å². The first-order valence-corrected chi connectivity index (χ1v) is 12.7. The van der Waals surface area contributed by atoms with E-state index in [0.29, 0.717) is 59.5 Å². The fraction of sp³-hybridized carbons (Fsp3) is 0.880. The lowest BCUT2D eigenvalue weighted by molar-refractivity contribution is -0.142. The molecule has 0 aromatic rings. The SMILES string of the molecule is CC(C)C(=O)CCC(NC(=O)CCOCCOCCOCCOCCOCCNC(C)(C)C)C(=O)O. The molecule has 0 rings (SSSR count). The third kappa shape index (κ3) is 22.8. The van der Waals surface area contributed by atoms with Gasteiger partial charge in [0.1, 0.15) is 11.8 Å². The van der Waals surface area contributed by atoms with Crippen LogP contribution in [0.1, 0.15) is 53.9 Å². The van der Waals surface area contributed by atoms with Crippen LogP contribution in [0.2, 0.25) is 0 Å². The summed E-state index contributed by atoms with van der Waals surface area (Å²) in [5.74, 6) is -1.77. The number of rotatable bonds is 24. The monoisotopic (exact) mass is 520 g/mol. The van der Waals surface area contributed by atoms with Crippen molar-refractivity contribution < 1.29 is 43.2 Å². The number of carbonyl (C=O) groups excluding carboxylic acids is 2. The molecule has 0 bridgehead atoms. The molecule has 0 radical (unpaired) electrons. The summed E-state index contributed by atoms with van der Waals surface area (Å²) < 4.78 is 27.0. The summed E-state index contributed by atoms with van der Waals surface area (Å²) in [6, 6.07) is -1.08. The van der Waals surface area contributed by atoms with Crippen LogP contribution in [-0.4, -0.2) is 107 Å². The van der Waals surface area contributed by atoms with Crippen molar-refractivity contribution in [3.05, 3.63) is 0 Å². The molecule has 1 amide bonds. The summed E-state index contributed by atoms with van der Waals surface area (Å²) in [4.78, 5) is 34.9. The van der Waals surface area contributed by atoms with Crippen LogP contribution in [0.3, 0.4) is 0 Å². The van der Waals surface area contributed by atoms with Gasteiger partial charge in [0, 0.05) is 30.8 Å². The minimum Gasteiger partial charge on any atom is -0.480 e. The Labute approximate surface area is 215 Å². The first-order chi connectivity index (χ1) is 17.0. The Morgan fingerprint density at radius 1 is 0.722 bits per heavy atom. The highest BCUT2D eigenvalue weighted by atomic mass is 16.6. The second-order valence-corrected chi connectivity index (χ2v) is 9.61. The number of carboxylic acid groups (broad SMARTS) is 1. The minimum atomic E-state index is -1.16. The number of carbonyl (C=O) groups is 3. The standard InChI is InChI=1S/C25H48N2O9/c1-20(2)22(28)7-6-21(24(30)31)27-23(29)8-10-32-12-14-34-16-18-36-19-17-35-15-13-33-11-9-26-25(3,4)5/h20-21,26H,6-19H2,1-5H3,(H,27,29)(H,30,31). The summed E-state index contributed by atoms with van der Waals surface area (Å²) in [6.45, 7) is 15.0. The molecule has 212 valence electrons. The average Bonchev–Trinajstić information content (AvgIpc) is 2.79.